The topological polar surface area (TPSA) is 102 Å². The molecule has 0 bridgehead atoms. The Balaban J connectivity index is 1.93. The molecule has 0 spiro atoms. The van der Waals surface area contributed by atoms with E-state index in [-0.39, 0.29) is 24.5 Å². The first-order valence-electron chi connectivity index (χ1n) is 9.16. The predicted octanol–water partition coefficient (Wildman–Crippen LogP) is 2.80. The largest absolute Gasteiger partial charge is 0.444 e. The van der Waals surface area contributed by atoms with E-state index >= 15 is 0 Å². The third-order valence-corrected chi connectivity index (χ3v) is 4.28. The molecule has 0 saturated carbocycles. The van der Waals surface area contributed by atoms with E-state index in [0.717, 1.165) is 0 Å². The minimum absolute atomic E-state index is 0.170. The molecule has 28 heavy (non-hydrogen) atoms. The van der Waals surface area contributed by atoms with Crippen LogP contribution in [0, 0.1) is 0 Å². The lowest BCUT2D eigenvalue weighted by molar-refractivity contribution is -0.122. The second-order valence-electron chi connectivity index (χ2n) is 7.72. The Hall–Kier alpha value is -2.96. The van der Waals surface area contributed by atoms with E-state index in [0.29, 0.717) is 22.3 Å². The predicted molar refractivity (Wildman–Crippen MR) is 104 cm³/mol. The van der Waals surface area contributed by atoms with Gasteiger partial charge in [0.25, 0.3) is 0 Å². The van der Waals surface area contributed by atoms with E-state index in [2.05, 4.69) is 10.6 Å². The summed E-state index contributed by atoms with van der Waals surface area (Å²) < 4.78 is 5.11. The number of hydrogen-bond donors (Lipinski definition) is 2. The summed E-state index contributed by atoms with van der Waals surface area (Å²) >= 11 is 0. The van der Waals surface area contributed by atoms with Crippen molar-refractivity contribution in [1.82, 2.24) is 10.6 Å². The summed E-state index contributed by atoms with van der Waals surface area (Å²) in [5, 5.41) is 5.13. The molecule has 7 nitrogen and oxygen atoms in total. The third-order valence-electron chi connectivity index (χ3n) is 4.28. The lowest BCUT2D eigenvalue weighted by atomic mass is 9.83. The molecule has 0 saturated heterocycles. The van der Waals surface area contributed by atoms with Crippen LogP contribution in [-0.2, 0) is 9.53 Å². The van der Waals surface area contributed by atoms with Gasteiger partial charge in [0.05, 0.1) is 0 Å². The molecule has 0 aromatic heterocycles. The van der Waals surface area contributed by atoms with E-state index in [9.17, 15) is 19.2 Å². The van der Waals surface area contributed by atoms with Gasteiger partial charge in [-0.25, -0.2) is 4.79 Å². The molecule has 1 aliphatic rings. The average Bonchev–Trinajstić information content (AvgIpc) is 2.60. The Kier molecular flexibility index (Phi) is 6.38. The van der Waals surface area contributed by atoms with E-state index in [1.165, 1.54) is 6.92 Å². The van der Waals surface area contributed by atoms with Crippen molar-refractivity contribution in [3.05, 3.63) is 46.5 Å². The Morgan fingerprint density at radius 1 is 1.07 bits per heavy atom. The maximum atomic E-state index is 12.7. The van der Waals surface area contributed by atoms with Crippen molar-refractivity contribution in [2.45, 2.75) is 52.7 Å². The Morgan fingerprint density at radius 3 is 2.21 bits per heavy atom. The number of ketones is 2. The molecule has 1 aliphatic carbocycles. The molecule has 7 heteroatoms. The average molecular weight is 386 g/mol. The van der Waals surface area contributed by atoms with E-state index in [4.69, 9.17) is 4.74 Å². The molecule has 2 amide bonds. The molecule has 0 radical (unpaired) electrons. The number of carbonyl (C=O) groups excluding carboxylic acids is 4. The second kappa shape index (κ2) is 8.37. The van der Waals surface area contributed by atoms with Crippen molar-refractivity contribution >= 4 is 23.6 Å². The first-order chi connectivity index (χ1) is 13.0. The van der Waals surface area contributed by atoms with Crippen LogP contribution in [0.3, 0.4) is 0 Å². The number of nitrogens with one attached hydrogen (secondary N) is 2. The van der Waals surface area contributed by atoms with Crippen molar-refractivity contribution in [3.8, 4) is 0 Å². The number of rotatable bonds is 5. The lowest BCUT2D eigenvalue weighted by Gasteiger charge is -2.22. The maximum absolute atomic E-state index is 12.7. The summed E-state index contributed by atoms with van der Waals surface area (Å²) in [6, 6.07) is 5.92. The normalized spacial score (nSPS) is 15.0. The molecule has 1 aromatic rings. The molecule has 1 aromatic carbocycles. The van der Waals surface area contributed by atoms with Gasteiger partial charge in [-0.1, -0.05) is 24.3 Å². The van der Waals surface area contributed by atoms with E-state index in [1.807, 2.05) is 0 Å². The summed E-state index contributed by atoms with van der Waals surface area (Å²) in [4.78, 5) is 49.0. The fourth-order valence-electron chi connectivity index (χ4n) is 2.87. The number of allylic oxidation sites excluding steroid dienone is 1. The first-order valence-corrected chi connectivity index (χ1v) is 9.16. The van der Waals surface area contributed by atoms with Crippen LogP contribution in [0.4, 0.5) is 4.79 Å². The fraction of sp³-hybridized carbons (Fsp3) is 0.429. The van der Waals surface area contributed by atoms with Gasteiger partial charge in [0.1, 0.15) is 11.6 Å². The fourth-order valence-corrected chi connectivity index (χ4v) is 2.87. The number of alkyl carbamates (subject to hydrolysis) is 1. The van der Waals surface area contributed by atoms with Gasteiger partial charge in [-0.3, -0.25) is 14.4 Å². The highest BCUT2D eigenvalue weighted by atomic mass is 16.6. The summed E-state index contributed by atoms with van der Waals surface area (Å²) in [6.07, 6.45) is -0.450. The Labute approximate surface area is 164 Å². The standard InChI is InChI=1S/C21H26N2O5/c1-12-14(18(25)16-9-7-6-8-15(16)17(12)24)10-11-22-19(26)13(2)23-20(27)28-21(3,4)5/h6-9,13H,10-11H2,1-5H3,(H,22,26)(H,23,27). The number of carbonyl (C=O) groups is 4. The summed E-state index contributed by atoms with van der Waals surface area (Å²) in [5.41, 5.74) is 0.941. The van der Waals surface area contributed by atoms with Gasteiger partial charge in [-0.15, -0.1) is 0 Å². The van der Waals surface area contributed by atoms with Gasteiger partial charge >= 0.3 is 6.09 Å². The van der Waals surface area contributed by atoms with Gasteiger partial charge in [0.2, 0.25) is 5.91 Å². The number of Topliss-reactive ketones (excluding diaryl/α,β-unsaturated/α-hetero) is 2. The third kappa shape index (κ3) is 5.06. The van der Waals surface area contributed by atoms with Crippen molar-refractivity contribution in [2.75, 3.05) is 6.54 Å². The van der Waals surface area contributed by atoms with Crippen LogP contribution in [0.1, 0.15) is 61.8 Å². The highest BCUT2D eigenvalue weighted by Crippen LogP contribution is 2.27. The smallest absolute Gasteiger partial charge is 0.408 e. The SMILES string of the molecule is CC1=C(CCNC(=O)C(C)NC(=O)OC(C)(C)C)C(=O)c2ccccc2C1=O. The van der Waals surface area contributed by atoms with Gasteiger partial charge in [-0.05, 0) is 41.0 Å². The number of benzene rings is 1. The summed E-state index contributed by atoms with van der Waals surface area (Å²) in [6.45, 7) is 8.53. The van der Waals surface area contributed by atoms with Crippen LogP contribution in [0.15, 0.2) is 35.4 Å². The van der Waals surface area contributed by atoms with Crippen molar-refractivity contribution in [3.63, 3.8) is 0 Å². The van der Waals surface area contributed by atoms with Gasteiger partial charge in [-0.2, -0.15) is 0 Å². The van der Waals surface area contributed by atoms with Gasteiger partial charge in [0, 0.05) is 28.8 Å². The van der Waals surface area contributed by atoms with Crippen molar-refractivity contribution < 1.29 is 23.9 Å². The molecule has 2 N–H and O–H groups in total. The number of hydrogen-bond acceptors (Lipinski definition) is 5. The molecule has 2 rings (SSSR count). The minimum atomic E-state index is -0.797. The zero-order valence-corrected chi connectivity index (χ0v) is 16.8. The molecule has 0 fully saturated rings. The quantitative estimate of drug-likeness (QED) is 0.810. The molecule has 0 heterocycles. The molecular formula is C21H26N2O5. The van der Waals surface area contributed by atoms with Crippen LogP contribution in [-0.4, -0.2) is 41.8 Å². The van der Waals surface area contributed by atoms with Gasteiger partial charge < -0.3 is 15.4 Å². The molecule has 150 valence electrons. The zero-order chi connectivity index (χ0) is 21.1. The van der Waals surface area contributed by atoms with Gasteiger partial charge in [0.15, 0.2) is 11.6 Å². The highest BCUT2D eigenvalue weighted by molar-refractivity contribution is 6.26. The van der Waals surface area contributed by atoms with Crippen LogP contribution in [0.25, 0.3) is 0 Å². The minimum Gasteiger partial charge on any atom is -0.444 e. The van der Waals surface area contributed by atoms with E-state index < -0.39 is 23.6 Å². The Bertz CT molecular complexity index is 849. The zero-order valence-electron chi connectivity index (χ0n) is 16.8. The van der Waals surface area contributed by atoms with Crippen LogP contribution in [0.2, 0.25) is 0 Å². The first kappa shape index (κ1) is 21.3. The summed E-state index contributed by atoms with van der Waals surface area (Å²) in [7, 11) is 0. The Morgan fingerprint density at radius 2 is 1.64 bits per heavy atom. The molecule has 1 unspecified atom stereocenters. The van der Waals surface area contributed by atoms with E-state index in [1.54, 1.807) is 52.0 Å². The highest BCUT2D eigenvalue weighted by Gasteiger charge is 2.29. The number of fused-ring (bicyclic) bond motifs is 1. The van der Waals surface area contributed by atoms with Crippen molar-refractivity contribution in [1.29, 1.82) is 0 Å². The number of amides is 2. The molecular weight excluding hydrogens is 360 g/mol. The van der Waals surface area contributed by atoms with Crippen molar-refractivity contribution in [2.24, 2.45) is 0 Å². The second-order valence-corrected chi connectivity index (χ2v) is 7.72. The maximum Gasteiger partial charge on any atom is 0.408 e. The summed E-state index contributed by atoms with van der Waals surface area (Å²) in [5.74, 6) is -0.766. The number of ether oxygens (including phenoxy) is 1. The molecule has 1 atom stereocenters. The van der Waals surface area contributed by atoms with Crippen LogP contribution in [0.5, 0.6) is 0 Å². The van der Waals surface area contributed by atoms with Crippen LogP contribution >= 0.6 is 0 Å². The molecule has 0 aliphatic heterocycles. The monoisotopic (exact) mass is 386 g/mol. The lowest BCUT2D eigenvalue weighted by Crippen LogP contribution is -2.46. The van der Waals surface area contributed by atoms with Crippen LogP contribution < -0.4 is 10.6 Å².